The second-order valence-electron chi connectivity index (χ2n) is 6.67. The average Bonchev–Trinajstić information content (AvgIpc) is 2.96. The minimum Gasteiger partial charge on any atom is -0.465 e. The largest absolute Gasteiger partial charge is 0.465 e. The summed E-state index contributed by atoms with van der Waals surface area (Å²) in [4.78, 5) is 38.8. The molecule has 3 aliphatic heterocycles. The topological polar surface area (TPSA) is 157 Å². The minimum absolute atomic E-state index is 0.0427. The second kappa shape index (κ2) is 5.81. The van der Waals surface area contributed by atoms with Gasteiger partial charge < -0.3 is 15.4 Å². The number of carbonyl (C=O) groups excluding carboxylic acids is 3. The van der Waals surface area contributed by atoms with Crippen LogP contribution in [0.15, 0.2) is 0 Å². The molecule has 3 amide bonds. The van der Waals surface area contributed by atoms with E-state index in [-0.39, 0.29) is 19.6 Å². The van der Waals surface area contributed by atoms with Crippen LogP contribution in [0.5, 0.6) is 0 Å². The molecule has 3 N–H and O–H groups in total. The number of amides is 3. The van der Waals surface area contributed by atoms with Crippen LogP contribution in [0.2, 0.25) is 0 Å². The van der Waals surface area contributed by atoms with E-state index in [4.69, 9.17) is 19.2 Å². The number of fused-ring (bicyclic) bond motifs is 2. The highest BCUT2D eigenvalue weighted by Crippen LogP contribution is 2.42. The van der Waals surface area contributed by atoms with Crippen LogP contribution in [-0.4, -0.2) is 72.1 Å². The van der Waals surface area contributed by atoms with Crippen molar-refractivity contribution in [2.24, 2.45) is 11.1 Å². The number of hydrogen-bond acceptors (Lipinski definition) is 7. The van der Waals surface area contributed by atoms with E-state index in [0.29, 0.717) is 12.8 Å². The van der Waals surface area contributed by atoms with Crippen LogP contribution in [0.4, 0.5) is 4.79 Å². The predicted molar refractivity (Wildman–Crippen MR) is 80.1 cm³/mol. The number of nitrogens with zero attached hydrogens (tertiary/aromatic N) is 2. The number of piperidine rings is 1. The summed E-state index contributed by atoms with van der Waals surface area (Å²) in [5, 5.41) is 0. The summed E-state index contributed by atoms with van der Waals surface area (Å²) in [5.74, 6) is -1.38. The summed E-state index contributed by atoms with van der Waals surface area (Å²) in [5.41, 5.74) is 3.85. The van der Waals surface area contributed by atoms with E-state index in [2.05, 4.69) is 0 Å². The number of rotatable bonds is 5. The summed E-state index contributed by atoms with van der Waals surface area (Å²) < 4.78 is 41.5. The van der Waals surface area contributed by atoms with Crippen LogP contribution in [0.1, 0.15) is 26.2 Å². The van der Waals surface area contributed by atoms with E-state index in [1.807, 2.05) is 0 Å². The van der Waals surface area contributed by atoms with Gasteiger partial charge in [-0.15, -0.1) is 0 Å². The molecule has 4 atom stereocenters. The molecule has 0 aromatic carbocycles. The Hall–Kier alpha value is -1.92. The standard InChI is InChI=1S/C13H19N3O8S/c1-13(4-5-23-11(13)18)10(24-25(20,21)22)16-7-2-3-8(9(14)17)15(6-7)12(16)19/h7-8,10H,2-6H2,1H3,(H2,14,17)(H,20,21,22)/t7-,8+,10?,13-/m1/s1. The van der Waals surface area contributed by atoms with Crippen molar-refractivity contribution >= 4 is 28.3 Å². The Morgan fingerprint density at radius 1 is 1.44 bits per heavy atom. The van der Waals surface area contributed by atoms with Crippen molar-refractivity contribution in [2.75, 3.05) is 13.2 Å². The van der Waals surface area contributed by atoms with Gasteiger partial charge in [0, 0.05) is 13.0 Å². The molecule has 3 rings (SSSR count). The summed E-state index contributed by atoms with van der Waals surface area (Å²) in [6, 6.07) is -1.94. The molecule has 0 saturated carbocycles. The Balaban J connectivity index is 1.98. The van der Waals surface area contributed by atoms with E-state index in [0.717, 1.165) is 4.90 Å². The third-order valence-electron chi connectivity index (χ3n) is 5.08. The maximum Gasteiger partial charge on any atom is 0.399 e. The molecule has 3 saturated heterocycles. The normalized spacial score (nSPS) is 33.5. The van der Waals surface area contributed by atoms with E-state index in [9.17, 15) is 22.8 Å². The molecule has 1 unspecified atom stereocenters. The molecule has 11 nitrogen and oxygen atoms in total. The van der Waals surface area contributed by atoms with E-state index >= 15 is 0 Å². The Bertz CT molecular complexity index is 725. The smallest absolute Gasteiger partial charge is 0.399 e. The van der Waals surface area contributed by atoms with Gasteiger partial charge in [-0.05, 0) is 19.8 Å². The fourth-order valence-corrected chi connectivity index (χ4v) is 4.24. The predicted octanol–water partition coefficient (Wildman–Crippen LogP) is -1.16. The molecule has 0 aromatic rings. The number of esters is 1. The number of primary amides is 1. The Labute approximate surface area is 144 Å². The van der Waals surface area contributed by atoms with Gasteiger partial charge >= 0.3 is 22.4 Å². The first-order valence-electron chi connectivity index (χ1n) is 7.76. The lowest BCUT2D eigenvalue weighted by molar-refractivity contribution is -0.155. The highest BCUT2D eigenvalue weighted by molar-refractivity contribution is 7.80. The van der Waals surface area contributed by atoms with Gasteiger partial charge in [0.15, 0.2) is 6.23 Å². The van der Waals surface area contributed by atoms with Crippen molar-refractivity contribution in [1.82, 2.24) is 9.80 Å². The zero-order valence-electron chi connectivity index (χ0n) is 13.5. The van der Waals surface area contributed by atoms with Gasteiger partial charge in [0.1, 0.15) is 11.5 Å². The highest BCUT2D eigenvalue weighted by Gasteiger charge is 2.58. The van der Waals surface area contributed by atoms with Crippen LogP contribution in [0.3, 0.4) is 0 Å². The van der Waals surface area contributed by atoms with Gasteiger partial charge in [0.05, 0.1) is 12.6 Å². The number of carbonyl (C=O) groups is 3. The Morgan fingerprint density at radius 2 is 2.12 bits per heavy atom. The maximum absolute atomic E-state index is 12.8. The molecule has 0 radical (unpaired) electrons. The van der Waals surface area contributed by atoms with Crippen molar-refractivity contribution in [3.8, 4) is 0 Å². The van der Waals surface area contributed by atoms with Crippen LogP contribution in [0, 0.1) is 5.41 Å². The molecule has 0 aromatic heterocycles. The van der Waals surface area contributed by atoms with Gasteiger partial charge in [0.25, 0.3) is 0 Å². The molecule has 12 heteroatoms. The lowest BCUT2D eigenvalue weighted by atomic mass is 9.85. The molecule has 0 aliphatic carbocycles. The van der Waals surface area contributed by atoms with Crippen LogP contribution >= 0.6 is 0 Å². The zero-order valence-corrected chi connectivity index (χ0v) is 14.3. The summed E-state index contributed by atoms with van der Waals surface area (Å²) in [6.07, 6.45) is -0.762. The molecule has 2 bridgehead atoms. The fraction of sp³-hybridized carbons (Fsp3) is 0.769. The molecular formula is C13H19N3O8S. The van der Waals surface area contributed by atoms with Crippen molar-refractivity contribution in [1.29, 1.82) is 0 Å². The number of cyclic esters (lactones) is 1. The van der Waals surface area contributed by atoms with Crippen LogP contribution in [0.25, 0.3) is 0 Å². The number of hydrogen-bond donors (Lipinski definition) is 2. The highest BCUT2D eigenvalue weighted by atomic mass is 32.3. The first-order valence-corrected chi connectivity index (χ1v) is 9.12. The van der Waals surface area contributed by atoms with Crippen molar-refractivity contribution in [3.63, 3.8) is 0 Å². The lowest BCUT2D eigenvalue weighted by Gasteiger charge is -2.37. The van der Waals surface area contributed by atoms with E-state index in [1.165, 1.54) is 11.8 Å². The van der Waals surface area contributed by atoms with Gasteiger partial charge in [-0.3, -0.25) is 19.0 Å². The summed E-state index contributed by atoms with van der Waals surface area (Å²) in [7, 11) is -4.95. The van der Waals surface area contributed by atoms with Gasteiger partial charge in [-0.2, -0.15) is 8.42 Å². The zero-order chi connectivity index (χ0) is 18.6. The van der Waals surface area contributed by atoms with Gasteiger partial charge in [0.2, 0.25) is 5.91 Å². The third kappa shape index (κ3) is 2.93. The Morgan fingerprint density at radius 3 is 2.64 bits per heavy atom. The molecule has 0 spiro atoms. The molecule has 140 valence electrons. The van der Waals surface area contributed by atoms with Gasteiger partial charge in [-0.1, -0.05) is 0 Å². The molecule has 3 fully saturated rings. The molecular weight excluding hydrogens is 358 g/mol. The van der Waals surface area contributed by atoms with Crippen molar-refractivity contribution in [3.05, 3.63) is 0 Å². The van der Waals surface area contributed by atoms with Crippen molar-refractivity contribution in [2.45, 2.75) is 44.5 Å². The monoisotopic (exact) mass is 377 g/mol. The van der Waals surface area contributed by atoms with Crippen LogP contribution < -0.4 is 5.73 Å². The lowest BCUT2D eigenvalue weighted by Crippen LogP contribution is -2.54. The van der Waals surface area contributed by atoms with E-state index < -0.39 is 52.0 Å². The third-order valence-corrected chi connectivity index (χ3v) is 5.50. The van der Waals surface area contributed by atoms with E-state index in [1.54, 1.807) is 0 Å². The van der Waals surface area contributed by atoms with Crippen molar-refractivity contribution < 1.29 is 36.3 Å². The fourth-order valence-electron chi connectivity index (χ4n) is 3.70. The first kappa shape index (κ1) is 17.9. The quantitative estimate of drug-likeness (QED) is 0.449. The SMILES string of the molecule is C[C@]1(C(OS(=O)(=O)O)N2C(=O)N3C[C@H]2CC[C@H]3C(N)=O)CCOC1=O. The van der Waals surface area contributed by atoms with Gasteiger partial charge in [-0.25, -0.2) is 8.98 Å². The molecule has 25 heavy (non-hydrogen) atoms. The number of nitrogens with two attached hydrogens (primary N) is 1. The molecule has 3 aliphatic rings. The first-order chi connectivity index (χ1) is 11.5. The molecule has 3 heterocycles. The number of urea groups is 1. The maximum atomic E-state index is 12.8. The Kier molecular flexibility index (Phi) is 4.16. The summed E-state index contributed by atoms with van der Waals surface area (Å²) in [6.45, 7) is 1.61. The summed E-state index contributed by atoms with van der Waals surface area (Å²) >= 11 is 0. The number of ether oxygens (including phenoxy) is 1. The second-order valence-corrected chi connectivity index (χ2v) is 7.72. The van der Waals surface area contributed by atoms with Crippen LogP contribution in [-0.2, 0) is 28.9 Å². The average molecular weight is 377 g/mol. The minimum atomic E-state index is -4.95.